The predicted octanol–water partition coefficient (Wildman–Crippen LogP) is 2.73. The molecule has 0 N–H and O–H groups in total. The summed E-state index contributed by atoms with van der Waals surface area (Å²) in [6.45, 7) is -0.0280. The normalized spacial score (nSPS) is 10.9. The lowest BCUT2D eigenvalue weighted by Gasteiger charge is -2.14. The zero-order valence-corrected chi connectivity index (χ0v) is 10.4. The van der Waals surface area contributed by atoms with E-state index in [0.29, 0.717) is 4.47 Å². The van der Waals surface area contributed by atoms with Crippen LogP contribution in [0.3, 0.4) is 0 Å². The minimum atomic E-state index is -1.03. The highest BCUT2D eigenvalue weighted by Gasteiger charge is 2.13. The third-order valence-electron chi connectivity index (χ3n) is 1.86. The van der Waals surface area contributed by atoms with Crippen molar-refractivity contribution in [1.29, 1.82) is 0 Å². The van der Waals surface area contributed by atoms with E-state index >= 15 is 0 Å². The van der Waals surface area contributed by atoms with E-state index in [-0.39, 0.29) is 12.4 Å². The van der Waals surface area contributed by atoms with Crippen molar-refractivity contribution in [2.75, 3.05) is 20.8 Å². The van der Waals surface area contributed by atoms with Gasteiger partial charge in [0.15, 0.2) is 17.9 Å². The van der Waals surface area contributed by atoms with Crippen LogP contribution in [0.1, 0.15) is 0 Å². The van der Waals surface area contributed by atoms with Gasteiger partial charge in [0, 0.05) is 18.7 Å². The summed E-state index contributed by atoms with van der Waals surface area (Å²) in [5.41, 5.74) is 0. The summed E-state index contributed by atoms with van der Waals surface area (Å²) in [6, 6.07) is 2.35. The maximum absolute atomic E-state index is 13.2. The maximum atomic E-state index is 13.2. The molecule has 0 heterocycles. The summed E-state index contributed by atoms with van der Waals surface area (Å²) in [5.74, 6) is -2.20. The van der Waals surface area contributed by atoms with Gasteiger partial charge in [-0.3, -0.25) is 0 Å². The van der Waals surface area contributed by atoms with Crippen molar-refractivity contribution in [3.63, 3.8) is 0 Å². The average molecular weight is 297 g/mol. The molecule has 90 valence electrons. The first-order valence-electron chi connectivity index (χ1n) is 4.41. The Morgan fingerprint density at radius 1 is 1.25 bits per heavy atom. The molecule has 3 nitrogen and oxygen atoms in total. The predicted molar refractivity (Wildman–Crippen MR) is 57.4 cm³/mol. The van der Waals surface area contributed by atoms with Crippen molar-refractivity contribution in [3.8, 4) is 5.75 Å². The van der Waals surface area contributed by atoms with E-state index in [1.165, 1.54) is 20.3 Å². The van der Waals surface area contributed by atoms with Gasteiger partial charge in [0.25, 0.3) is 0 Å². The molecule has 0 aromatic heterocycles. The smallest absolute Gasteiger partial charge is 0.200 e. The molecule has 16 heavy (non-hydrogen) atoms. The summed E-state index contributed by atoms with van der Waals surface area (Å²) in [7, 11) is 2.85. The Hall–Kier alpha value is -0.720. The Morgan fingerprint density at radius 2 is 1.88 bits per heavy atom. The third-order valence-corrected chi connectivity index (χ3v) is 2.32. The molecule has 0 fully saturated rings. The van der Waals surface area contributed by atoms with Gasteiger partial charge in [0.1, 0.15) is 6.61 Å². The third kappa shape index (κ3) is 3.40. The van der Waals surface area contributed by atoms with Crippen LogP contribution in [-0.2, 0) is 9.47 Å². The molecule has 0 saturated carbocycles. The molecule has 6 heteroatoms. The highest BCUT2D eigenvalue weighted by molar-refractivity contribution is 9.10. The number of ether oxygens (including phenoxy) is 3. The van der Waals surface area contributed by atoms with Crippen molar-refractivity contribution >= 4 is 15.9 Å². The lowest BCUT2D eigenvalue weighted by atomic mass is 10.3. The molecule has 1 aromatic carbocycles. The Balaban J connectivity index is 2.73. The summed E-state index contributed by atoms with van der Waals surface area (Å²) < 4.78 is 41.4. The summed E-state index contributed by atoms with van der Waals surface area (Å²) in [4.78, 5) is 0. The van der Waals surface area contributed by atoms with Gasteiger partial charge >= 0.3 is 0 Å². The van der Waals surface area contributed by atoms with Crippen molar-refractivity contribution < 1.29 is 23.0 Å². The van der Waals surface area contributed by atoms with E-state index in [9.17, 15) is 8.78 Å². The van der Waals surface area contributed by atoms with Crippen molar-refractivity contribution in [2.45, 2.75) is 6.29 Å². The maximum Gasteiger partial charge on any atom is 0.200 e. The monoisotopic (exact) mass is 296 g/mol. The molecule has 0 unspecified atom stereocenters. The van der Waals surface area contributed by atoms with Gasteiger partial charge in [0.05, 0.1) is 0 Å². The Bertz CT molecular complexity index is 356. The van der Waals surface area contributed by atoms with Gasteiger partial charge < -0.3 is 14.2 Å². The highest BCUT2D eigenvalue weighted by Crippen LogP contribution is 2.25. The fraction of sp³-hybridized carbons (Fsp3) is 0.400. The van der Waals surface area contributed by atoms with Crippen LogP contribution in [0, 0.1) is 11.6 Å². The van der Waals surface area contributed by atoms with Gasteiger partial charge in [-0.15, -0.1) is 0 Å². The fourth-order valence-corrected chi connectivity index (χ4v) is 1.44. The van der Waals surface area contributed by atoms with E-state index in [4.69, 9.17) is 14.2 Å². The quantitative estimate of drug-likeness (QED) is 0.618. The first kappa shape index (κ1) is 13.3. The van der Waals surface area contributed by atoms with E-state index in [2.05, 4.69) is 15.9 Å². The van der Waals surface area contributed by atoms with Crippen LogP contribution in [0.15, 0.2) is 16.6 Å². The second kappa shape index (κ2) is 6.12. The standard InChI is InChI=1S/C10H11BrF2O3/c1-14-9(15-2)5-16-8-4-6(11)3-7(12)10(8)13/h3-4,9H,5H2,1-2H3. The molecular formula is C10H11BrF2O3. The highest BCUT2D eigenvalue weighted by atomic mass is 79.9. The number of rotatable bonds is 5. The van der Waals surface area contributed by atoms with Crippen LogP contribution in [0.5, 0.6) is 5.75 Å². The molecule has 0 aliphatic heterocycles. The van der Waals surface area contributed by atoms with Crippen molar-refractivity contribution in [3.05, 3.63) is 28.2 Å². The summed E-state index contributed by atoms with van der Waals surface area (Å²) >= 11 is 3.04. The Morgan fingerprint density at radius 3 is 2.44 bits per heavy atom. The minimum Gasteiger partial charge on any atom is -0.485 e. The molecule has 0 atom stereocenters. The van der Waals surface area contributed by atoms with Crippen LogP contribution in [-0.4, -0.2) is 27.1 Å². The van der Waals surface area contributed by atoms with E-state index in [0.717, 1.165) is 6.07 Å². The molecule has 1 rings (SSSR count). The lowest BCUT2D eigenvalue weighted by molar-refractivity contribution is -0.122. The molecule has 0 amide bonds. The Kier molecular flexibility index (Phi) is 5.11. The first-order valence-corrected chi connectivity index (χ1v) is 5.20. The van der Waals surface area contributed by atoms with Gasteiger partial charge in [0.2, 0.25) is 5.82 Å². The number of hydrogen-bond acceptors (Lipinski definition) is 3. The second-order valence-electron chi connectivity index (χ2n) is 2.91. The molecule has 0 aliphatic rings. The topological polar surface area (TPSA) is 27.7 Å². The van der Waals surface area contributed by atoms with Crippen molar-refractivity contribution in [2.24, 2.45) is 0 Å². The van der Waals surface area contributed by atoms with Crippen LogP contribution in [0.4, 0.5) is 8.78 Å². The van der Waals surface area contributed by atoms with Crippen LogP contribution in [0.2, 0.25) is 0 Å². The van der Waals surface area contributed by atoms with Crippen LogP contribution in [0.25, 0.3) is 0 Å². The number of halogens is 3. The zero-order valence-electron chi connectivity index (χ0n) is 8.80. The molecule has 0 saturated heterocycles. The lowest BCUT2D eigenvalue weighted by Crippen LogP contribution is -2.22. The summed E-state index contributed by atoms with van der Waals surface area (Å²) in [5, 5.41) is 0. The van der Waals surface area contributed by atoms with E-state index < -0.39 is 17.9 Å². The molecule has 0 radical (unpaired) electrons. The molecule has 0 aliphatic carbocycles. The molecule has 0 spiro atoms. The largest absolute Gasteiger partial charge is 0.485 e. The average Bonchev–Trinajstić information content (AvgIpc) is 2.26. The minimum absolute atomic E-state index is 0.0280. The fourth-order valence-electron chi connectivity index (χ4n) is 1.03. The zero-order chi connectivity index (χ0) is 12.1. The van der Waals surface area contributed by atoms with Crippen LogP contribution >= 0.6 is 15.9 Å². The number of methoxy groups -OCH3 is 2. The van der Waals surface area contributed by atoms with Gasteiger partial charge in [-0.25, -0.2) is 4.39 Å². The van der Waals surface area contributed by atoms with Gasteiger partial charge in [-0.2, -0.15) is 4.39 Å². The van der Waals surface area contributed by atoms with Gasteiger partial charge in [-0.05, 0) is 12.1 Å². The number of hydrogen-bond donors (Lipinski definition) is 0. The first-order chi connectivity index (χ1) is 7.58. The second-order valence-corrected chi connectivity index (χ2v) is 3.83. The van der Waals surface area contributed by atoms with E-state index in [1.54, 1.807) is 0 Å². The van der Waals surface area contributed by atoms with Crippen LogP contribution < -0.4 is 4.74 Å². The molecule has 1 aromatic rings. The Labute approximate surface area is 100 Å². The number of benzene rings is 1. The SMILES string of the molecule is COC(COc1cc(Br)cc(F)c1F)OC. The van der Waals surface area contributed by atoms with Crippen molar-refractivity contribution in [1.82, 2.24) is 0 Å². The van der Waals surface area contributed by atoms with E-state index in [1.807, 2.05) is 0 Å². The van der Waals surface area contributed by atoms with Gasteiger partial charge in [-0.1, -0.05) is 15.9 Å². The molecular weight excluding hydrogens is 286 g/mol. The molecule has 0 bridgehead atoms. The summed E-state index contributed by atoms with van der Waals surface area (Å²) in [6.07, 6.45) is -0.624.